The van der Waals surface area contributed by atoms with Gasteiger partial charge in [0.05, 0.1) is 6.61 Å². The third-order valence-electron chi connectivity index (χ3n) is 3.46. The van der Waals surface area contributed by atoms with Gasteiger partial charge in [0.1, 0.15) is 5.60 Å². The molecule has 2 aliphatic rings. The molecule has 3 rings (SSSR count). The average molecular weight is 251 g/mol. The van der Waals surface area contributed by atoms with Crippen LogP contribution in [0.25, 0.3) is 0 Å². The molecular weight excluding hydrogens is 234 g/mol. The van der Waals surface area contributed by atoms with Crippen LogP contribution < -0.4 is 5.32 Å². The van der Waals surface area contributed by atoms with E-state index in [0.29, 0.717) is 25.8 Å². The molecule has 2 heterocycles. The molecule has 17 heavy (non-hydrogen) atoms. The van der Waals surface area contributed by atoms with Gasteiger partial charge in [0.25, 0.3) is 0 Å². The van der Waals surface area contributed by atoms with E-state index in [0.717, 1.165) is 12.2 Å². The molecule has 2 unspecified atom stereocenters. The molecule has 2 atom stereocenters. The van der Waals surface area contributed by atoms with Crippen molar-refractivity contribution in [3.63, 3.8) is 0 Å². The third kappa shape index (κ3) is 2.36. The van der Waals surface area contributed by atoms with E-state index in [1.807, 2.05) is 11.8 Å². The van der Waals surface area contributed by atoms with Crippen molar-refractivity contribution in [3.05, 3.63) is 29.8 Å². The third-order valence-corrected chi connectivity index (χ3v) is 4.64. The fraction of sp³-hybridized carbons (Fsp3) is 0.538. The average Bonchev–Trinajstić information content (AvgIpc) is 2.94. The highest BCUT2D eigenvalue weighted by atomic mass is 32.2. The second kappa shape index (κ2) is 4.61. The molecule has 0 amide bonds. The van der Waals surface area contributed by atoms with Crippen LogP contribution >= 0.6 is 11.8 Å². The van der Waals surface area contributed by atoms with Crippen LogP contribution in [0.4, 0.5) is 0 Å². The summed E-state index contributed by atoms with van der Waals surface area (Å²) in [6, 6.07) is 8.84. The van der Waals surface area contributed by atoms with E-state index in [2.05, 4.69) is 29.6 Å². The molecule has 0 saturated carbocycles. The summed E-state index contributed by atoms with van der Waals surface area (Å²) >= 11 is 1.88. The minimum atomic E-state index is -0.664. The van der Waals surface area contributed by atoms with Gasteiger partial charge in [-0.2, -0.15) is 0 Å². The summed E-state index contributed by atoms with van der Waals surface area (Å²) in [4.78, 5) is 1.36. The predicted molar refractivity (Wildman–Crippen MR) is 68.3 cm³/mol. The lowest BCUT2D eigenvalue weighted by molar-refractivity contribution is 0.0253. The molecule has 2 aliphatic heterocycles. The van der Waals surface area contributed by atoms with E-state index in [-0.39, 0.29) is 0 Å². The number of nitrogens with one attached hydrogen (secondary N) is 1. The van der Waals surface area contributed by atoms with Crippen LogP contribution in [0.1, 0.15) is 18.0 Å². The molecule has 1 aromatic carbocycles. The molecule has 0 radical (unpaired) electrons. The van der Waals surface area contributed by atoms with Crippen LogP contribution in [0.3, 0.4) is 0 Å². The van der Waals surface area contributed by atoms with E-state index in [1.54, 1.807) is 0 Å². The number of fused-ring (bicyclic) bond motifs is 1. The molecular formula is C13H17NO2S. The van der Waals surface area contributed by atoms with Gasteiger partial charge in [-0.05, 0) is 11.6 Å². The first kappa shape index (κ1) is 11.5. The Hall–Kier alpha value is -0.550. The first-order chi connectivity index (χ1) is 8.27. The van der Waals surface area contributed by atoms with Crippen LogP contribution in [0, 0.1) is 0 Å². The molecule has 0 bridgehead atoms. The Labute approximate surface area is 106 Å². The first-order valence-electron chi connectivity index (χ1n) is 6.02. The predicted octanol–water partition coefficient (Wildman–Crippen LogP) is 1.57. The van der Waals surface area contributed by atoms with Crippen molar-refractivity contribution >= 4 is 11.8 Å². The standard InChI is InChI=1S/C13H17NO2S/c15-13(5-6-16-9-13)8-14-11-7-17-12-4-2-1-3-10(11)12/h1-4,11,14-15H,5-9H2. The molecule has 1 saturated heterocycles. The zero-order valence-corrected chi connectivity index (χ0v) is 10.5. The van der Waals surface area contributed by atoms with Gasteiger partial charge < -0.3 is 15.2 Å². The molecule has 3 nitrogen and oxygen atoms in total. The minimum Gasteiger partial charge on any atom is -0.386 e. The van der Waals surface area contributed by atoms with Gasteiger partial charge in [-0.3, -0.25) is 0 Å². The maximum atomic E-state index is 10.2. The van der Waals surface area contributed by atoms with Gasteiger partial charge in [-0.15, -0.1) is 11.8 Å². The van der Waals surface area contributed by atoms with Gasteiger partial charge in [0.15, 0.2) is 0 Å². The first-order valence-corrected chi connectivity index (χ1v) is 7.01. The van der Waals surface area contributed by atoms with Crippen molar-refractivity contribution in [3.8, 4) is 0 Å². The highest BCUT2D eigenvalue weighted by Gasteiger charge is 2.33. The fourth-order valence-electron chi connectivity index (χ4n) is 2.38. The Morgan fingerprint density at radius 3 is 3.18 bits per heavy atom. The highest BCUT2D eigenvalue weighted by molar-refractivity contribution is 7.99. The summed E-state index contributed by atoms with van der Waals surface area (Å²) < 4.78 is 5.25. The topological polar surface area (TPSA) is 41.5 Å². The Kier molecular flexibility index (Phi) is 3.13. The summed E-state index contributed by atoms with van der Waals surface area (Å²) in [5.41, 5.74) is 0.697. The van der Waals surface area contributed by atoms with Crippen molar-refractivity contribution in [2.24, 2.45) is 0 Å². The normalized spacial score (nSPS) is 31.7. The van der Waals surface area contributed by atoms with E-state index in [4.69, 9.17) is 4.74 Å². The molecule has 0 spiro atoms. The number of aliphatic hydroxyl groups is 1. The van der Waals surface area contributed by atoms with Crippen molar-refractivity contribution in [1.82, 2.24) is 5.32 Å². The Bertz CT molecular complexity index is 404. The smallest absolute Gasteiger partial charge is 0.103 e. The van der Waals surface area contributed by atoms with E-state index >= 15 is 0 Å². The van der Waals surface area contributed by atoms with Crippen LogP contribution in [0.2, 0.25) is 0 Å². The van der Waals surface area contributed by atoms with Crippen LogP contribution in [-0.4, -0.2) is 36.2 Å². The second-order valence-electron chi connectivity index (χ2n) is 4.81. The van der Waals surface area contributed by atoms with Gasteiger partial charge in [-0.1, -0.05) is 18.2 Å². The minimum absolute atomic E-state index is 0.362. The lowest BCUT2D eigenvalue weighted by atomic mass is 10.0. The molecule has 2 N–H and O–H groups in total. The summed E-state index contributed by atoms with van der Waals surface area (Å²) in [5, 5.41) is 13.7. The highest BCUT2D eigenvalue weighted by Crippen LogP contribution is 2.37. The Morgan fingerprint density at radius 2 is 2.35 bits per heavy atom. The summed E-state index contributed by atoms with van der Waals surface area (Å²) in [6.45, 7) is 1.75. The zero-order valence-electron chi connectivity index (χ0n) is 9.69. The number of ether oxygens (including phenoxy) is 1. The van der Waals surface area contributed by atoms with Crippen molar-refractivity contribution in [2.45, 2.75) is 23.0 Å². The summed E-state index contributed by atoms with van der Waals surface area (Å²) in [5.74, 6) is 1.05. The molecule has 0 aliphatic carbocycles. The van der Waals surface area contributed by atoms with Gasteiger partial charge >= 0.3 is 0 Å². The lowest BCUT2D eigenvalue weighted by Gasteiger charge is -2.23. The van der Waals surface area contributed by atoms with Gasteiger partial charge in [0, 0.05) is 36.3 Å². The second-order valence-corrected chi connectivity index (χ2v) is 5.87. The fourth-order valence-corrected chi connectivity index (χ4v) is 3.58. The summed E-state index contributed by atoms with van der Waals surface area (Å²) in [7, 11) is 0. The maximum Gasteiger partial charge on any atom is 0.103 e. The van der Waals surface area contributed by atoms with Crippen molar-refractivity contribution in [2.75, 3.05) is 25.5 Å². The van der Waals surface area contributed by atoms with Crippen molar-refractivity contribution < 1.29 is 9.84 Å². The Morgan fingerprint density at radius 1 is 1.47 bits per heavy atom. The molecule has 92 valence electrons. The van der Waals surface area contributed by atoms with E-state index in [9.17, 15) is 5.11 Å². The van der Waals surface area contributed by atoms with E-state index < -0.39 is 5.60 Å². The van der Waals surface area contributed by atoms with Crippen LogP contribution in [-0.2, 0) is 4.74 Å². The largest absolute Gasteiger partial charge is 0.386 e. The lowest BCUT2D eigenvalue weighted by Crippen LogP contribution is -2.42. The SMILES string of the molecule is OC1(CNC2CSc3ccccc32)CCOC1. The molecule has 0 aromatic heterocycles. The monoisotopic (exact) mass is 251 g/mol. The quantitative estimate of drug-likeness (QED) is 0.856. The number of hydrogen-bond donors (Lipinski definition) is 2. The van der Waals surface area contributed by atoms with Crippen molar-refractivity contribution in [1.29, 1.82) is 0 Å². The molecule has 1 aromatic rings. The number of hydrogen-bond acceptors (Lipinski definition) is 4. The number of rotatable bonds is 3. The summed E-state index contributed by atoms with van der Waals surface area (Å²) in [6.07, 6.45) is 0.738. The molecule has 4 heteroatoms. The van der Waals surface area contributed by atoms with Gasteiger partial charge in [-0.25, -0.2) is 0 Å². The van der Waals surface area contributed by atoms with E-state index in [1.165, 1.54) is 10.5 Å². The molecule has 1 fully saturated rings. The van der Waals surface area contributed by atoms with Gasteiger partial charge in [0.2, 0.25) is 0 Å². The van der Waals surface area contributed by atoms with Crippen LogP contribution in [0.5, 0.6) is 0 Å². The number of benzene rings is 1. The zero-order chi connectivity index (χ0) is 11.7. The maximum absolute atomic E-state index is 10.2. The Balaban J connectivity index is 1.64. The van der Waals surface area contributed by atoms with Crippen LogP contribution in [0.15, 0.2) is 29.2 Å². The number of thioether (sulfide) groups is 1.